The molecule has 0 aliphatic carbocycles. The summed E-state index contributed by atoms with van der Waals surface area (Å²) in [6.45, 7) is 6.04. The maximum atomic E-state index is 9.51. The van der Waals surface area contributed by atoms with Crippen LogP contribution in [0.25, 0.3) is 0 Å². The molecular weight excluding hydrogens is 184 g/mol. The van der Waals surface area contributed by atoms with E-state index in [9.17, 15) is 5.11 Å². The fourth-order valence-electron chi connectivity index (χ4n) is 1.15. The van der Waals surface area contributed by atoms with Gasteiger partial charge in [-0.05, 0) is 30.0 Å². The first-order chi connectivity index (χ1) is 7.13. The van der Waals surface area contributed by atoms with Crippen molar-refractivity contribution in [2.45, 2.75) is 33.3 Å². The summed E-state index contributed by atoms with van der Waals surface area (Å²) in [6, 6.07) is 8.15. The van der Waals surface area contributed by atoms with Crippen LogP contribution < -0.4 is 0 Å². The van der Waals surface area contributed by atoms with E-state index in [1.54, 1.807) is 0 Å². The van der Waals surface area contributed by atoms with Gasteiger partial charge >= 0.3 is 0 Å². The molecule has 1 rings (SSSR count). The number of rotatable bonds is 2. The third-order valence-corrected chi connectivity index (χ3v) is 2.36. The lowest BCUT2D eigenvalue weighted by Crippen LogP contribution is -2.11. The number of hydrogen-bond acceptors (Lipinski definition) is 1. The van der Waals surface area contributed by atoms with Gasteiger partial charge in [-0.3, -0.25) is 0 Å². The first kappa shape index (κ1) is 11.8. The maximum Gasteiger partial charge on any atom is 0.117 e. The molecule has 0 saturated carbocycles. The van der Waals surface area contributed by atoms with Crippen LogP contribution in [0.2, 0.25) is 0 Å². The Hall–Kier alpha value is -1.26. The van der Waals surface area contributed by atoms with Gasteiger partial charge in [0.25, 0.3) is 0 Å². The van der Waals surface area contributed by atoms with E-state index in [1.165, 1.54) is 5.56 Å². The Kier molecular flexibility index (Phi) is 4.39. The quantitative estimate of drug-likeness (QED) is 0.731. The molecule has 0 aromatic heterocycles. The predicted molar refractivity (Wildman–Crippen MR) is 63.5 cm³/mol. The number of benzene rings is 1. The van der Waals surface area contributed by atoms with Gasteiger partial charge < -0.3 is 5.11 Å². The first-order valence-corrected chi connectivity index (χ1v) is 5.42. The summed E-state index contributed by atoms with van der Waals surface area (Å²) in [4.78, 5) is 0. The van der Waals surface area contributed by atoms with Crippen LogP contribution in [-0.4, -0.2) is 11.2 Å². The van der Waals surface area contributed by atoms with Gasteiger partial charge in [-0.15, -0.1) is 0 Å². The molecule has 0 saturated heterocycles. The van der Waals surface area contributed by atoms with E-state index in [0.29, 0.717) is 0 Å². The largest absolute Gasteiger partial charge is 0.380 e. The minimum Gasteiger partial charge on any atom is -0.380 e. The van der Waals surface area contributed by atoms with Gasteiger partial charge in [0.05, 0.1) is 0 Å². The Balaban J connectivity index is 2.72. The average Bonchev–Trinajstić information content (AvgIpc) is 2.26. The van der Waals surface area contributed by atoms with Crippen molar-refractivity contribution in [2.75, 3.05) is 0 Å². The zero-order valence-electron chi connectivity index (χ0n) is 9.62. The zero-order chi connectivity index (χ0) is 11.3. The molecule has 1 aromatic carbocycles. The van der Waals surface area contributed by atoms with E-state index < -0.39 is 6.10 Å². The number of hydrogen-bond donors (Lipinski definition) is 1. The van der Waals surface area contributed by atoms with Crippen LogP contribution >= 0.6 is 0 Å². The molecule has 0 aliphatic heterocycles. The summed E-state index contributed by atoms with van der Waals surface area (Å²) in [5.74, 6) is 6.01. The molecule has 15 heavy (non-hydrogen) atoms. The van der Waals surface area contributed by atoms with Crippen molar-refractivity contribution in [1.82, 2.24) is 0 Å². The van der Waals surface area contributed by atoms with Gasteiger partial charge in [0.1, 0.15) is 6.10 Å². The van der Waals surface area contributed by atoms with Gasteiger partial charge in [-0.25, -0.2) is 0 Å². The van der Waals surface area contributed by atoms with E-state index in [2.05, 4.69) is 30.9 Å². The smallest absolute Gasteiger partial charge is 0.117 e. The van der Waals surface area contributed by atoms with Gasteiger partial charge in [0.2, 0.25) is 0 Å². The fourth-order valence-corrected chi connectivity index (χ4v) is 1.15. The normalized spacial score (nSPS) is 12.1. The Bertz CT molecular complexity index is 351. The van der Waals surface area contributed by atoms with E-state index in [4.69, 9.17) is 0 Å². The van der Waals surface area contributed by atoms with Crippen molar-refractivity contribution in [1.29, 1.82) is 0 Å². The molecule has 0 spiro atoms. The molecule has 1 nitrogen and oxygen atoms in total. The van der Waals surface area contributed by atoms with Crippen LogP contribution in [0.4, 0.5) is 0 Å². The first-order valence-electron chi connectivity index (χ1n) is 5.42. The van der Waals surface area contributed by atoms with E-state index in [-0.39, 0.29) is 5.92 Å². The lowest BCUT2D eigenvalue weighted by atomic mass is 10.1. The lowest BCUT2D eigenvalue weighted by Gasteiger charge is -2.05. The van der Waals surface area contributed by atoms with Crippen LogP contribution in [0.5, 0.6) is 0 Å². The highest BCUT2D eigenvalue weighted by Crippen LogP contribution is 2.04. The van der Waals surface area contributed by atoms with Crippen molar-refractivity contribution < 1.29 is 5.11 Å². The predicted octanol–water partition coefficient (Wildman–Crippen LogP) is 2.62. The second kappa shape index (κ2) is 5.58. The second-order valence-corrected chi connectivity index (χ2v) is 4.01. The Morgan fingerprint density at radius 2 is 1.80 bits per heavy atom. The van der Waals surface area contributed by atoms with Gasteiger partial charge in [0, 0.05) is 5.56 Å². The average molecular weight is 202 g/mol. The molecule has 0 heterocycles. The molecule has 0 fully saturated rings. The third kappa shape index (κ3) is 3.77. The van der Waals surface area contributed by atoms with Gasteiger partial charge in [-0.1, -0.05) is 44.7 Å². The number of aryl methyl sites for hydroxylation is 1. The molecule has 1 aromatic rings. The van der Waals surface area contributed by atoms with Crippen LogP contribution in [-0.2, 0) is 6.42 Å². The van der Waals surface area contributed by atoms with E-state index >= 15 is 0 Å². The summed E-state index contributed by atoms with van der Waals surface area (Å²) < 4.78 is 0. The van der Waals surface area contributed by atoms with Crippen molar-refractivity contribution in [2.24, 2.45) is 5.92 Å². The van der Waals surface area contributed by atoms with Gasteiger partial charge in [0.15, 0.2) is 0 Å². The summed E-state index contributed by atoms with van der Waals surface area (Å²) in [6.07, 6.45) is 0.512. The van der Waals surface area contributed by atoms with Crippen LogP contribution in [0, 0.1) is 17.8 Å². The molecule has 0 aliphatic rings. The lowest BCUT2D eigenvalue weighted by molar-refractivity contribution is 0.181. The van der Waals surface area contributed by atoms with Crippen molar-refractivity contribution >= 4 is 0 Å². The third-order valence-electron chi connectivity index (χ3n) is 2.36. The van der Waals surface area contributed by atoms with E-state index in [1.807, 2.05) is 26.0 Å². The Morgan fingerprint density at radius 1 is 1.20 bits per heavy atom. The highest BCUT2D eigenvalue weighted by Gasteiger charge is 2.03. The molecule has 0 bridgehead atoms. The van der Waals surface area contributed by atoms with Gasteiger partial charge in [-0.2, -0.15) is 0 Å². The molecular formula is C14H18O. The van der Waals surface area contributed by atoms with Crippen molar-refractivity contribution in [3.8, 4) is 11.8 Å². The van der Waals surface area contributed by atoms with Crippen molar-refractivity contribution in [3.63, 3.8) is 0 Å². The second-order valence-electron chi connectivity index (χ2n) is 4.01. The summed E-state index contributed by atoms with van der Waals surface area (Å²) >= 11 is 0. The van der Waals surface area contributed by atoms with E-state index in [0.717, 1.165) is 12.0 Å². The van der Waals surface area contributed by atoms with Crippen LogP contribution in [0.3, 0.4) is 0 Å². The number of aliphatic hydroxyl groups is 1. The molecule has 1 N–H and O–H groups in total. The molecule has 0 radical (unpaired) electrons. The number of aliphatic hydroxyl groups excluding tert-OH is 1. The topological polar surface area (TPSA) is 20.2 Å². The monoisotopic (exact) mass is 202 g/mol. The maximum absolute atomic E-state index is 9.51. The highest BCUT2D eigenvalue weighted by atomic mass is 16.3. The minimum atomic E-state index is -0.532. The molecule has 1 unspecified atom stereocenters. The molecule has 1 heteroatoms. The molecule has 80 valence electrons. The summed E-state index contributed by atoms with van der Waals surface area (Å²) in [7, 11) is 0. The highest BCUT2D eigenvalue weighted by molar-refractivity contribution is 5.36. The summed E-state index contributed by atoms with van der Waals surface area (Å²) in [5.41, 5.74) is 2.27. The zero-order valence-corrected chi connectivity index (χ0v) is 9.62. The van der Waals surface area contributed by atoms with Crippen LogP contribution in [0.15, 0.2) is 24.3 Å². The molecule has 0 amide bonds. The standard InChI is InChI=1S/C14H18O/c1-4-12-5-7-13(8-6-12)9-10-14(15)11(2)3/h5-8,11,14-15H,4H2,1-3H3. The van der Waals surface area contributed by atoms with Crippen molar-refractivity contribution in [3.05, 3.63) is 35.4 Å². The summed E-state index contributed by atoms with van der Waals surface area (Å²) in [5, 5.41) is 9.51. The van der Waals surface area contributed by atoms with Crippen LogP contribution in [0.1, 0.15) is 31.9 Å². The Morgan fingerprint density at radius 3 is 2.27 bits per heavy atom. The minimum absolute atomic E-state index is 0.187. The Labute approximate surface area is 92.1 Å². The molecule has 1 atom stereocenters. The fraction of sp³-hybridized carbons (Fsp3) is 0.429. The SMILES string of the molecule is CCc1ccc(C#CC(O)C(C)C)cc1.